The summed E-state index contributed by atoms with van der Waals surface area (Å²) in [6, 6.07) is 8.86. The van der Waals surface area contributed by atoms with Crippen molar-refractivity contribution in [3.8, 4) is 5.75 Å². The first-order chi connectivity index (χ1) is 7.77. The van der Waals surface area contributed by atoms with Gasteiger partial charge in [-0.05, 0) is 17.5 Å². The van der Waals surface area contributed by atoms with Crippen molar-refractivity contribution < 1.29 is 14.6 Å². The van der Waals surface area contributed by atoms with Crippen molar-refractivity contribution in [1.29, 1.82) is 0 Å². The van der Waals surface area contributed by atoms with Crippen molar-refractivity contribution >= 4 is 17.3 Å². The van der Waals surface area contributed by atoms with Crippen molar-refractivity contribution in [3.63, 3.8) is 0 Å². The van der Waals surface area contributed by atoms with Crippen LogP contribution < -0.4 is 0 Å². The van der Waals surface area contributed by atoms with Crippen molar-refractivity contribution in [3.05, 3.63) is 51.7 Å². The number of benzene rings is 1. The number of ether oxygens (including phenoxy) is 1. The smallest absolute Gasteiger partial charge is 0.343 e. The number of esters is 1. The molecule has 0 fully saturated rings. The molecule has 1 aromatic heterocycles. The Labute approximate surface area is 95.9 Å². The minimum absolute atomic E-state index is 0.0124. The molecule has 1 aromatic carbocycles. The molecule has 2 aromatic rings. The van der Waals surface area contributed by atoms with Gasteiger partial charge in [0.2, 0.25) is 0 Å². The van der Waals surface area contributed by atoms with Crippen molar-refractivity contribution in [2.45, 2.75) is 6.10 Å². The Bertz CT molecular complexity index is 545. The van der Waals surface area contributed by atoms with Crippen molar-refractivity contribution in [1.82, 2.24) is 0 Å². The van der Waals surface area contributed by atoms with Crippen molar-refractivity contribution in [2.75, 3.05) is 0 Å². The van der Waals surface area contributed by atoms with Crippen LogP contribution in [0.25, 0.3) is 0 Å². The molecule has 80 valence electrons. The summed E-state index contributed by atoms with van der Waals surface area (Å²) in [5.74, 6) is -0.465. The number of phenolic OH excluding ortho intramolecular Hbond substituents is 1. The molecule has 4 heteroatoms. The normalized spacial score (nSPS) is 18.2. The number of thiophene rings is 1. The number of fused-ring (bicyclic) bond motifs is 1. The molecule has 3 rings (SSSR count). The molecule has 0 bridgehead atoms. The fraction of sp³-hybridized carbons (Fsp3) is 0.0833. The number of carbonyl (C=O) groups is 1. The van der Waals surface area contributed by atoms with Gasteiger partial charge < -0.3 is 9.84 Å². The second-order valence-electron chi connectivity index (χ2n) is 3.54. The van der Waals surface area contributed by atoms with Crippen LogP contribution in [0.3, 0.4) is 0 Å². The number of phenols is 1. The highest BCUT2D eigenvalue weighted by atomic mass is 32.1. The summed E-state index contributed by atoms with van der Waals surface area (Å²) in [6.45, 7) is 0. The third kappa shape index (κ3) is 1.23. The molecule has 0 spiro atoms. The Morgan fingerprint density at radius 3 is 2.88 bits per heavy atom. The van der Waals surface area contributed by atoms with E-state index in [2.05, 4.69) is 0 Å². The Morgan fingerprint density at radius 1 is 1.25 bits per heavy atom. The van der Waals surface area contributed by atoms with E-state index < -0.39 is 5.97 Å². The molecule has 0 amide bonds. The lowest BCUT2D eigenvalue weighted by atomic mass is 10.0. The van der Waals surface area contributed by atoms with E-state index in [4.69, 9.17) is 4.74 Å². The van der Waals surface area contributed by atoms with Gasteiger partial charge in [0.05, 0.1) is 0 Å². The highest BCUT2D eigenvalue weighted by Gasteiger charge is 2.34. The fourth-order valence-electron chi connectivity index (χ4n) is 1.88. The maximum Gasteiger partial charge on any atom is 0.343 e. The first-order valence-corrected chi connectivity index (χ1v) is 5.71. The van der Waals surface area contributed by atoms with Crippen LogP contribution in [-0.2, 0) is 4.74 Å². The van der Waals surface area contributed by atoms with E-state index in [-0.39, 0.29) is 11.9 Å². The maximum atomic E-state index is 11.6. The zero-order chi connectivity index (χ0) is 11.1. The summed E-state index contributed by atoms with van der Waals surface area (Å²) in [5, 5.41) is 11.6. The van der Waals surface area contributed by atoms with Gasteiger partial charge in [-0.2, -0.15) is 0 Å². The molecule has 1 aliphatic rings. The summed E-state index contributed by atoms with van der Waals surface area (Å²) in [7, 11) is 0. The molecule has 3 nitrogen and oxygen atoms in total. The monoisotopic (exact) mass is 232 g/mol. The van der Waals surface area contributed by atoms with Gasteiger partial charge in [0.25, 0.3) is 0 Å². The Kier molecular flexibility index (Phi) is 1.97. The fourth-order valence-corrected chi connectivity index (χ4v) is 2.65. The van der Waals surface area contributed by atoms with E-state index in [0.717, 1.165) is 10.4 Å². The molecule has 0 saturated heterocycles. The topological polar surface area (TPSA) is 46.5 Å². The predicted molar refractivity (Wildman–Crippen MR) is 59.7 cm³/mol. The predicted octanol–water partition coefficient (Wildman–Crippen LogP) is 2.71. The van der Waals surface area contributed by atoms with Crippen LogP contribution in [-0.4, -0.2) is 11.1 Å². The van der Waals surface area contributed by atoms with Crippen LogP contribution >= 0.6 is 11.3 Å². The highest BCUT2D eigenvalue weighted by molar-refractivity contribution is 7.10. The number of carbonyl (C=O) groups excluding carboxylic acids is 1. The van der Waals surface area contributed by atoms with Crippen LogP contribution in [0.4, 0.5) is 0 Å². The zero-order valence-corrected chi connectivity index (χ0v) is 9.03. The Hall–Kier alpha value is -1.81. The first-order valence-electron chi connectivity index (χ1n) is 4.83. The molecule has 0 radical (unpaired) electrons. The lowest BCUT2D eigenvalue weighted by Gasteiger charge is -2.07. The van der Waals surface area contributed by atoms with E-state index in [9.17, 15) is 9.90 Å². The number of aromatic hydroxyl groups is 1. The molecule has 0 saturated carbocycles. The number of hydrogen-bond acceptors (Lipinski definition) is 4. The van der Waals surface area contributed by atoms with Crippen LogP contribution in [0.2, 0.25) is 0 Å². The maximum absolute atomic E-state index is 11.6. The summed E-state index contributed by atoms with van der Waals surface area (Å²) in [5.41, 5.74) is 1.04. The Balaban J connectivity index is 2.16. The molecule has 1 N–H and O–H groups in total. The van der Waals surface area contributed by atoms with E-state index in [1.54, 1.807) is 6.07 Å². The lowest BCUT2D eigenvalue weighted by molar-refractivity contribution is 0.0459. The minimum Gasteiger partial charge on any atom is -0.507 e. The van der Waals surface area contributed by atoms with Crippen LogP contribution in [0.5, 0.6) is 5.75 Å². The van der Waals surface area contributed by atoms with Crippen LogP contribution in [0.15, 0.2) is 35.7 Å². The second kappa shape index (κ2) is 3.35. The highest BCUT2D eigenvalue weighted by Crippen LogP contribution is 2.40. The Morgan fingerprint density at radius 2 is 2.12 bits per heavy atom. The van der Waals surface area contributed by atoms with Crippen LogP contribution in [0.1, 0.15) is 26.9 Å². The summed E-state index contributed by atoms with van der Waals surface area (Å²) < 4.78 is 5.27. The average Bonchev–Trinajstić information content (AvgIpc) is 2.86. The van der Waals surface area contributed by atoms with Gasteiger partial charge in [-0.25, -0.2) is 4.79 Å². The van der Waals surface area contributed by atoms with E-state index in [1.807, 2.05) is 23.6 Å². The second-order valence-corrected chi connectivity index (χ2v) is 4.52. The summed E-state index contributed by atoms with van der Waals surface area (Å²) in [4.78, 5) is 12.6. The molecular weight excluding hydrogens is 224 g/mol. The van der Waals surface area contributed by atoms with Gasteiger partial charge >= 0.3 is 5.97 Å². The summed E-state index contributed by atoms with van der Waals surface area (Å²) in [6.07, 6.45) is -0.366. The van der Waals surface area contributed by atoms with Gasteiger partial charge in [0.1, 0.15) is 11.3 Å². The van der Waals surface area contributed by atoms with E-state index in [0.29, 0.717) is 5.56 Å². The third-order valence-electron chi connectivity index (χ3n) is 2.59. The molecule has 2 heterocycles. The van der Waals surface area contributed by atoms with Gasteiger partial charge in [0, 0.05) is 10.4 Å². The van der Waals surface area contributed by atoms with Crippen molar-refractivity contribution in [2.24, 2.45) is 0 Å². The number of rotatable bonds is 1. The molecular formula is C12H8O3S. The minimum atomic E-state index is -0.452. The molecule has 1 aliphatic heterocycles. The van der Waals surface area contributed by atoms with Crippen LogP contribution in [0, 0.1) is 0 Å². The first kappa shape index (κ1) is 9.42. The number of cyclic esters (lactones) is 1. The third-order valence-corrected chi connectivity index (χ3v) is 3.50. The quantitative estimate of drug-likeness (QED) is 0.769. The van der Waals surface area contributed by atoms with Gasteiger partial charge in [-0.15, -0.1) is 11.3 Å². The molecule has 1 unspecified atom stereocenters. The number of hydrogen-bond donors (Lipinski definition) is 1. The van der Waals surface area contributed by atoms with E-state index >= 15 is 0 Å². The molecule has 16 heavy (non-hydrogen) atoms. The van der Waals surface area contributed by atoms with Gasteiger partial charge in [-0.3, -0.25) is 0 Å². The molecule has 0 aliphatic carbocycles. The largest absolute Gasteiger partial charge is 0.507 e. The SMILES string of the molecule is O=C1OC(c2cccs2)c2cccc(O)c21. The zero-order valence-electron chi connectivity index (χ0n) is 8.21. The van der Waals surface area contributed by atoms with Gasteiger partial charge in [0.15, 0.2) is 6.10 Å². The lowest BCUT2D eigenvalue weighted by Crippen LogP contribution is -1.98. The van der Waals surface area contributed by atoms with Gasteiger partial charge in [-0.1, -0.05) is 18.2 Å². The summed E-state index contributed by atoms with van der Waals surface area (Å²) >= 11 is 1.53. The average molecular weight is 232 g/mol. The molecule has 1 atom stereocenters. The van der Waals surface area contributed by atoms with E-state index in [1.165, 1.54) is 17.4 Å². The standard InChI is InChI=1S/C12H8O3S/c13-8-4-1-3-7-10(8)12(14)15-11(7)9-5-2-6-16-9/h1-6,11,13H.